The summed E-state index contributed by atoms with van der Waals surface area (Å²) >= 11 is 0. The Balaban J connectivity index is 1.07. The molecule has 0 N–H and O–H groups in total. The zero-order valence-corrected chi connectivity index (χ0v) is 32.2. The van der Waals surface area contributed by atoms with Crippen LogP contribution in [0, 0.1) is 0 Å². The zero-order valence-electron chi connectivity index (χ0n) is 32.2. The number of hydrogen-bond donors (Lipinski definition) is 0. The van der Waals surface area contributed by atoms with Crippen molar-refractivity contribution in [1.82, 2.24) is 0 Å². The van der Waals surface area contributed by atoms with E-state index in [2.05, 4.69) is 255 Å². The Morgan fingerprint density at radius 2 is 0.534 bits per heavy atom. The normalized spacial score (nSPS) is 12.2. The summed E-state index contributed by atoms with van der Waals surface area (Å²) in [5.41, 5.74) is 14.2. The topological polar surface area (TPSA) is 0 Å². The largest absolute Gasteiger partial charge is 0.0622 e. The maximum absolute atomic E-state index is 2.34. The summed E-state index contributed by atoms with van der Waals surface area (Å²) in [5, 5.41) is 4.96. The number of hydrogen-bond acceptors (Lipinski definition) is 0. The summed E-state index contributed by atoms with van der Waals surface area (Å²) in [4.78, 5) is 0. The van der Waals surface area contributed by atoms with Gasteiger partial charge in [-0.3, -0.25) is 0 Å². The first-order chi connectivity index (χ1) is 28.8. The lowest BCUT2D eigenvalue weighted by Gasteiger charge is -2.13. The SMILES string of the molecule is C(=Cc1ccccc1/C=C(\c1ccccc1)c1cccc2ccccc12)c1ccccc1C=Cc1ccccc1/C=C(\c1ccccc1)c1cccc2ccccc12. The van der Waals surface area contributed by atoms with Crippen LogP contribution in [0.25, 0.3) is 69.1 Å². The van der Waals surface area contributed by atoms with Crippen molar-refractivity contribution in [1.29, 1.82) is 0 Å². The van der Waals surface area contributed by atoms with Gasteiger partial charge in [-0.1, -0.05) is 243 Å². The highest BCUT2D eigenvalue weighted by molar-refractivity contribution is 6.04. The van der Waals surface area contributed by atoms with Gasteiger partial charge in [-0.15, -0.1) is 0 Å². The van der Waals surface area contributed by atoms with Gasteiger partial charge < -0.3 is 0 Å². The van der Waals surface area contributed by atoms with Gasteiger partial charge in [-0.05, 0) is 100 Å². The molecule has 0 saturated heterocycles. The first kappa shape index (κ1) is 36.1. The van der Waals surface area contributed by atoms with Crippen LogP contribution in [0.1, 0.15) is 55.6 Å². The predicted octanol–water partition coefficient (Wildman–Crippen LogP) is 15.5. The lowest BCUT2D eigenvalue weighted by atomic mass is 9.90. The van der Waals surface area contributed by atoms with Crippen LogP contribution in [0.2, 0.25) is 0 Å². The van der Waals surface area contributed by atoms with Gasteiger partial charge in [0.1, 0.15) is 0 Å². The van der Waals surface area contributed by atoms with E-state index in [4.69, 9.17) is 0 Å². The Bertz CT molecular complexity index is 2760. The van der Waals surface area contributed by atoms with E-state index in [0.29, 0.717) is 0 Å². The van der Waals surface area contributed by atoms with E-state index < -0.39 is 0 Å². The van der Waals surface area contributed by atoms with Gasteiger partial charge in [0.25, 0.3) is 0 Å². The summed E-state index contributed by atoms with van der Waals surface area (Å²) < 4.78 is 0. The van der Waals surface area contributed by atoms with Gasteiger partial charge in [0.05, 0.1) is 0 Å². The molecule has 0 aliphatic carbocycles. The molecule has 0 heterocycles. The molecule has 274 valence electrons. The Morgan fingerprint density at radius 1 is 0.241 bits per heavy atom. The molecule has 0 unspecified atom stereocenters. The van der Waals surface area contributed by atoms with E-state index in [9.17, 15) is 0 Å². The monoisotopic (exact) mass is 738 g/mol. The fraction of sp³-hybridized carbons (Fsp3) is 0. The van der Waals surface area contributed by atoms with Crippen molar-refractivity contribution in [3.63, 3.8) is 0 Å². The maximum Gasteiger partial charge on any atom is -0.00990 e. The molecule has 9 aromatic rings. The second-order valence-electron chi connectivity index (χ2n) is 14.5. The Labute approximate surface area is 341 Å². The van der Waals surface area contributed by atoms with Crippen LogP contribution < -0.4 is 0 Å². The molecule has 0 nitrogen and oxygen atoms in total. The third-order valence-electron chi connectivity index (χ3n) is 10.8. The van der Waals surface area contributed by atoms with Crippen LogP contribution in [-0.4, -0.2) is 0 Å². The maximum atomic E-state index is 2.34. The van der Waals surface area contributed by atoms with Crippen molar-refractivity contribution in [2.45, 2.75) is 0 Å². The molecule has 0 saturated carbocycles. The van der Waals surface area contributed by atoms with Crippen LogP contribution in [0.3, 0.4) is 0 Å². The molecule has 0 aliphatic heterocycles. The first-order valence-electron chi connectivity index (χ1n) is 19.9. The first-order valence-corrected chi connectivity index (χ1v) is 19.9. The fourth-order valence-corrected chi connectivity index (χ4v) is 7.86. The third-order valence-corrected chi connectivity index (χ3v) is 10.8. The molecule has 0 bridgehead atoms. The van der Waals surface area contributed by atoms with E-state index in [1.807, 2.05) is 0 Å². The Morgan fingerprint density at radius 3 is 0.931 bits per heavy atom. The smallest absolute Gasteiger partial charge is 0.00990 e. The Hall–Kier alpha value is -7.54. The average Bonchev–Trinajstić information content (AvgIpc) is 3.30. The summed E-state index contributed by atoms with van der Waals surface area (Å²) in [6, 6.07) is 77.8. The summed E-state index contributed by atoms with van der Waals surface area (Å²) in [6.07, 6.45) is 13.7. The lowest BCUT2D eigenvalue weighted by molar-refractivity contribution is 1.56. The van der Waals surface area contributed by atoms with Crippen molar-refractivity contribution in [3.05, 3.63) is 274 Å². The molecule has 0 heteroatoms. The van der Waals surface area contributed by atoms with Gasteiger partial charge in [0, 0.05) is 0 Å². The molecule has 58 heavy (non-hydrogen) atoms. The number of benzene rings is 9. The van der Waals surface area contributed by atoms with E-state index in [0.717, 1.165) is 22.3 Å². The van der Waals surface area contributed by atoms with E-state index in [1.54, 1.807) is 0 Å². The quantitative estimate of drug-likeness (QED) is 0.123. The second-order valence-corrected chi connectivity index (χ2v) is 14.5. The van der Waals surface area contributed by atoms with Gasteiger partial charge in [-0.2, -0.15) is 0 Å². The molecule has 0 spiro atoms. The van der Waals surface area contributed by atoms with Gasteiger partial charge in [0.15, 0.2) is 0 Å². The number of fused-ring (bicyclic) bond motifs is 2. The van der Waals surface area contributed by atoms with E-state index >= 15 is 0 Å². The third kappa shape index (κ3) is 7.91. The van der Waals surface area contributed by atoms with Gasteiger partial charge in [0.2, 0.25) is 0 Å². The molecule has 0 amide bonds. The van der Waals surface area contributed by atoms with Gasteiger partial charge in [-0.25, -0.2) is 0 Å². The molecule has 0 fully saturated rings. The summed E-state index contributed by atoms with van der Waals surface area (Å²) in [6.45, 7) is 0. The minimum atomic E-state index is 1.16. The summed E-state index contributed by atoms with van der Waals surface area (Å²) in [7, 11) is 0. The minimum absolute atomic E-state index is 1.16. The minimum Gasteiger partial charge on any atom is -0.0622 e. The standard InChI is InChI=1S/C58H42/c1-3-23-49(24-4-1)57(55-35-17-31-47-27-13-15-33-53(47)55)41-51-29-11-9-21-45(51)39-37-43-19-7-8-20-44(43)38-40-46-22-10-12-30-52(46)42-58(50-25-5-2-6-26-50)56-36-18-32-48-28-14-16-34-54(48)56/h1-42H/b39-37?,40-38?,57-41+,58-42+. The van der Waals surface area contributed by atoms with Crippen LogP contribution in [0.5, 0.6) is 0 Å². The lowest BCUT2D eigenvalue weighted by Crippen LogP contribution is -1.91. The number of rotatable bonds is 10. The molecule has 0 aromatic heterocycles. The molecule has 9 aromatic carbocycles. The highest BCUT2D eigenvalue weighted by atomic mass is 14.2. The van der Waals surface area contributed by atoms with Crippen molar-refractivity contribution in [2.75, 3.05) is 0 Å². The van der Waals surface area contributed by atoms with Crippen molar-refractivity contribution in [3.8, 4) is 0 Å². The van der Waals surface area contributed by atoms with E-state index in [-0.39, 0.29) is 0 Å². The molecule has 0 atom stereocenters. The fourth-order valence-electron chi connectivity index (χ4n) is 7.86. The van der Waals surface area contributed by atoms with Gasteiger partial charge >= 0.3 is 0 Å². The molecular formula is C58H42. The van der Waals surface area contributed by atoms with Crippen LogP contribution in [-0.2, 0) is 0 Å². The van der Waals surface area contributed by atoms with Crippen LogP contribution in [0.4, 0.5) is 0 Å². The van der Waals surface area contributed by atoms with E-state index in [1.165, 1.54) is 66.1 Å². The molecule has 0 radical (unpaired) electrons. The van der Waals surface area contributed by atoms with Crippen molar-refractivity contribution < 1.29 is 0 Å². The van der Waals surface area contributed by atoms with Crippen molar-refractivity contribution in [2.24, 2.45) is 0 Å². The molecule has 0 aliphatic rings. The second kappa shape index (κ2) is 17.1. The highest BCUT2D eigenvalue weighted by Crippen LogP contribution is 2.34. The van der Waals surface area contributed by atoms with Crippen LogP contribution >= 0.6 is 0 Å². The molecular weight excluding hydrogens is 697 g/mol. The van der Waals surface area contributed by atoms with Crippen molar-refractivity contribution >= 4 is 69.1 Å². The molecule has 9 rings (SSSR count). The zero-order chi connectivity index (χ0) is 38.9. The highest BCUT2D eigenvalue weighted by Gasteiger charge is 2.12. The summed E-state index contributed by atoms with van der Waals surface area (Å²) in [5.74, 6) is 0. The van der Waals surface area contributed by atoms with Crippen LogP contribution in [0.15, 0.2) is 218 Å². The Kier molecular flexibility index (Phi) is 10.6. The predicted molar refractivity (Wildman–Crippen MR) is 252 cm³/mol. The average molecular weight is 739 g/mol.